The molecule has 0 amide bonds. The fraction of sp³-hybridized carbons (Fsp3) is 0.250. The monoisotopic (exact) mass is 378 g/mol. The summed E-state index contributed by atoms with van der Waals surface area (Å²) in [5.41, 5.74) is 2.12. The number of hydrogen-bond acceptors (Lipinski definition) is 6. The van der Waals surface area contributed by atoms with Crippen LogP contribution >= 0.6 is 11.8 Å². The van der Waals surface area contributed by atoms with E-state index in [4.69, 9.17) is 14.7 Å². The maximum Gasteiger partial charge on any atom is 0.231 e. The Morgan fingerprint density at radius 2 is 1.93 bits per heavy atom. The number of ether oxygens (including phenoxy) is 2. The predicted molar refractivity (Wildman–Crippen MR) is 103 cm³/mol. The van der Waals surface area contributed by atoms with Gasteiger partial charge in [0.05, 0.1) is 12.6 Å². The summed E-state index contributed by atoms with van der Waals surface area (Å²) < 4.78 is 13.0. The van der Waals surface area contributed by atoms with E-state index < -0.39 is 0 Å². The van der Waals surface area contributed by atoms with Crippen molar-refractivity contribution < 1.29 is 9.47 Å². The Labute approximate surface area is 161 Å². The molecule has 0 saturated heterocycles. The zero-order valence-electron chi connectivity index (χ0n) is 14.7. The van der Waals surface area contributed by atoms with E-state index in [9.17, 15) is 0 Å². The van der Waals surface area contributed by atoms with Crippen LogP contribution in [-0.2, 0) is 6.54 Å². The third-order valence-electron chi connectivity index (χ3n) is 4.19. The molecular formula is C20H18N4O2S. The van der Waals surface area contributed by atoms with E-state index in [1.165, 1.54) is 0 Å². The Bertz CT molecular complexity index is 966. The van der Waals surface area contributed by atoms with Crippen molar-refractivity contribution in [2.45, 2.75) is 24.5 Å². The number of aromatic nitrogens is 3. The van der Waals surface area contributed by atoms with Crippen LogP contribution in [0.1, 0.15) is 18.4 Å². The molecule has 0 aliphatic carbocycles. The lowest BCUT2D eigenvalue weighted by molar-refractivity contribution is 0.174. The lowest BCUT2D eigenvalue weighted by Crippen LogP contribution is -2.04. The van der Waals surface area contributed by atoms with E-state index in [0.29, 0.717) is 13.0 Å². The van der Waals surface area contributed by atoms with E-state index in [2.05, 4.69) is 20.8 Å². The Balaban J connectivity index is 1.63. The fourth-order valence-electron chi connectivity index (χ4n) is 2.88. The average molecular weight is 378 g/mol. The third-order valence-corrected chi connectivity index (χ3v) is 5.24. The van der Waals surface area contributed by atoms with Gasteiger partial charge < -0.3 is 9.47 Å². The van der Waals surface area contributed by atoms with Crippen molar-refractivity contribution in [2.24, 2.45) is 0 Å². The van der Waals surface area contributed by atoms with Gasteiger partial charge in [0, 0.05) is 17.7 Å². The van der Waals surface area contributed by atoms with E-state index in [0.717, 1.165) is 45.8 Å². The van der Waals surface area contributed by atoms with Crippen LogP contribution in [0.2, 0.25) is 0 Å². The molecule has 0 unspecified atom stereocenters. The van der Waals surface area contributed by atoms with Crippen LogP contribution in [0.4, 0.5) is 0 Å². The largest absolute Gasteiger partial charge is 0.454 e. The number of fused-ring (bicyclic) bond motifs is 1. The van der Waals surface area contributed by atoms with Crippen LogP contribution in [0, 0.1) is 11.3 Å². The molecule has 1 aliphatic heterocycles. The molecule has 0 atom stereocenters. The summed E-state index contributed by atoms with van der Waals surface area (Å²) in [4.78, 5) is 0. The van der Waals surface area contributed by atoms with Crippen LogP contribution in [-0.4, -0.2) is 27.3 Å². The highest BCUT2D eigenvalue weighted by molar-refractivity contribution is 7.99. The first kappa shape index (κ1) is 17.4. The van der Waals surface area contributed by atoms with Gasteiger partial charge in [-0.1, -0.05) is 48.2 Å². The smallest absolute Gasteiger partial charge is 0.231 e. The molecule has 6 nitrogen and oxygen atoms in total. The molecule has 2 heterocycles. The maximum absolute atomic E-state index is 8.73. The van der Waals surface area contributed by atoms with Crippen molar-refractivity contribution in [3.05, 3.63) is 54.1 Å². The number of hydrogen-bond donors (Lipinski definition) is 0. The quantitative estimate of drug-likeness (QED) is 0.455. The van der Waals surface area contributed by atoms with Gasteiger partial charge in [-0.2, -0.15) is 5.26 Å². The van der Waals surface area contributed by atoms with Crippen LogP contribution in [0.5, 0.6) is 11.5 Å². The van der Waals surface area contributed by atoms with E-state index >= 15 is 0 Å². The summed E-state index contributed by atoms with van der Waals surface area (Å²) in [5.74, 6) is 3.21. The van der Waals surface area contributed by atoms with Crippen molar-refractivity contribution in [2.75, 3.05) is 12.5 Å². The number of thioether (sulfide) groups is 1. The molecule has 27 heavy (non-hydrogen) atoms. The maximum atomic E-state index is 8.73. The first-order valence-corrected chi connectivity index (χ1v) is 9.70. The summed E-state index contributed by atoms with van der Waals surface area (Å²) >= 11 is 1.63. The second kappa shape index (κ2) is 8.14. The van der Waals surface area contributed by atoms with Crippen LogP contribution < -0.4 is 9.47 Å². The summed E-state index contributed by atoms with van der Waals surface area (Å²) in [5, 5.41) is 18.4. The standard InChI is InChI=1S/C20H18N4O2S/c21-10-4-5-11-27-20-23-22-19(16-6-2-1-3-7-16)24(20)13-15-8-9-17-18(12-15)26-14-25-17/h1-3,6-9,12H,4-5,11,13-14H2. The first-order valence-electron chi connectivity index (χ1n) is 8.72. The molecule has 0 saturated carbocycles. The number of unbranched alkanes of at least 4 members (excludes halogenated alkanes) is 1. The van der Waals surface area contributed by atoms with Crippen molar-refractivity contribution in [1.29, 1.82) is 5.26 Å². The molecule has 0 radical (unpaired) electrons. The number of nitriles is 1. The zero-order valence-corrected chi connectivity index (χ0v) is 15.5. The van der Waals surface area contributed by atoms with E-state index in [1.54, 1.807) is 11.8 Å². The van der Waals surface area contributed by atoms with Crippen molar-refractivity contribution in [3.8, 4) is 29.0 Å². The van der Waals surface area contributed by atoms with E-state index in [-0.39, 0.29) is 6.79 Å². The van der Waals surface area contributed by atoms with Crippen molar-refractivity contribution in [3.63, 3.8) is 0 Å². The van der Waals surface area contributed by atoms with Gasteiger partial charge in [-0.05, 0) is 24.1 Å². The lowest BCUT2D eigenvalue weighted by atomic mass is 10.2. The summed E-state index contributed by atoms with van der Waals surface area (Å²) in [6.45, 7) is 0.898. The molecule has 2 aromatic carbocycles. The fourth-order valence-corrected chi connectivity index (χ4v) is 3.75. The molecule has 0 spiro atoms. The highest BCUT2D eigenvalue weighted by Crippen LogP contribution is 2.33. The minimum absolute atomic E-state index is 0.265. The molecule has 1 aromatic heterocycles. The number of rotatable bonds is 7. The number of benzene rings is 2. The predicted octanol–water partition coefficient (Wildman–Crippen LogP) is 4.12. The van der Waals surface area contributed by atoms with Gasteiger partial charge in [0.15, 0.2) is 22.5 Å². The zero-order chi connectivity index (χ0) is 18.5. The van der Waals surface area contributed by atoms with Gasteiger partial charge >= 0.3 is 0 Å². The second-order valence-electron chi connectivity index (χ2n) is 6.06. The SMILES string of the molecule is N#CCCCSc1nnc(-c2ccccc2)n1Cc1ccc2c(c1)OCO2. The molecular weight excluding hydrogens is 360 g/mol. The minimum atomic E-state index is 0.265. The van der Waals surface area contributed by atoms with Gasteiger partial charge in [0.2, 0.25) is 6.79 Å². The van der Waals surface area contributed by atoms with Gasteiger partial charge in [-0.25, -0.2) is 0 Å². The highest BCUT2D eigenvalue weighted by atomic mass is 32.2. The van der Waals surface area contributed by atoms with Crippen LogP contribution in [0.15, 0.2) is 53.7 Å². The molecule has 136 valence electrons. The average Bonchev–Trinajstić information content (AvgIpc) is 3.33. The van der Waals surface area contributed by atoms with Gasteiger partial charge in [0.25, 0.3) is 0 Å². The van der Waals surface area contributed by atoms with Gasteiger partial charge in [0.1, 0.15) is 0 Å². The molecule has 4 rings (SSSR count). The second-order valence-corrected chi connectivity index (χ2v) is 7.12. The van der Waals surface area contributed by atoms with Crippen LogP contribution in [0.3, 0.4) is 0 Å². The highest BCUT2D eigenvalue weighted by Gasteiger charge is 2.17. The summed E-state index contributed by atoms with van der Waals surface area (Å²) in [6, 6.07) is 18.2. The van der Waals surface area contributed by atoms with E-state index in [1.807, 2.05) is 48.5 Å². The Kier molecular flexibility index (Phi) is 5.26. The lowest BCUT2D eigenvalue weighted by Gasteiger charge is -2.11. The summed E-state index contributed by atoms with van der Waals surface area (Å²) in [6.07, 6.45) is 1.38. The van der Waals surface area contributed by atoms with Gasteiger partial charge in [-0.3, -0.25) is 4.57 Å². The Hall–Kier alpha value is -2.98. The van der Waals surface area contributed by atoms with Crippen LogP contribution in [0.25, 0.3) is 11.4 Å². The van der Waals surface area contributed by atoms with Crippen molar-refractivity contribution in [1.82, 2.24) is 14.8 Å². The molecule has 0 N–H and O–H groups in total. The molecule has 7 heteroatoms. The minimum Gasteiger partial charge on any atom is -0.454 e. The Morgan fingerprint density at radius 1 is 1.07 bits per heavy atom. The number of nitrogens with zero attached hydrogens (tertiary/aromatic N) is 4. The molecule has 1 aliphatic rings. The summed E-state index contributed by atoms with van der Waals surface area (Å²) in [7, 11) is 0. The molecule has 0 fully saturated rings. The first-order chi connectivity index (χ1) is 13.3. The normalized spacial score (nSPS) is 12.1. The molecule has 0 bridgehead atoms. The third kappa shape index (κ3) is 3.91. The molecule has 3 aromatic rings. The van der Waals surface area contributed by atoms with Gasteiger partial charge in [-0.15, -0.1) is 10.2 Å². The topological polar surface area (TPSA) is 73.0 Å². The van der Waals surface area contributed by atoms with Crippen molar-refractivity contribution >= 4 is 11.8 Å². The Morgan fingerprint density at radius 3 is 2.78 bits per heavy atom.